The number of sulfonamides is 1. The van der Waals surface area contributed by atoms with Gasteiger partial charge in [0.05, 0.1) is 0 Å². The molecule has 1 N–H and O–H groups in total. The summed E-state index contributed by atoms with van der Waals surface area (Å²) in [4.78, 5) is 4.47. The number of rotatable bonds is 3. The van der Waals surface area contributed by atoms with Gasteiger partial charge in [-0.05, 0) is 6.92 Å². The highest BCUT2D eigenvalue weighted by atomic mass is 35.5. The van der Waals surface area contributed by atoms with Crippen LogP contribution in [-0.4, -0.2) is 23.0 Å². The molecule has 0 aliphatic carbocycles. The molecule has 0 unspecified atom stereocenters. The summed E-state index contributed by atoms with van der Waals surface area (Å²) >= 11 is 7.17. The molecule has 3 heterocycles. The number of imidazole rings is 1. The first-order chi connectivity index (χ1) is 8.97. The zero-order valence-electron chi connectivity index (χ0n) is 9.49. The first kappa shape index (κ1) is 12.5. The Hall–Kier alpha value is -1.58. The maximum atomic E-state index is 12.3. The highest BCUT2D eigenvalue weighted by molar-refractivity contribution is 7.92. The predicted molar refractivity (Wildman–Crippen MR) is 70.1 cm³/mol. The van der Waals surface area contributed by atoms with E-state index < -0.39 is 10.0 Å². The molecule has 0 atom stereocenters. The van der Waals surface area contributed by atoms with Gasteiger partial charge in [0.15, 0.2) is 21.0 Å². The van der Waals surface area contributed by atoms with Crippen molar-refractivity contribution in [3.05, 3.63) is 28.6 Å². The van der Waals surface area contributed by atoms with Crippen molar-refractivity contribution in [3.8, 4) is 0 Å². The third-order valence-electron chi connectivity index (χ3n) is 2.30. The van der Waals surface area contributed by atoms with Crippen LogP contribution in [0.15, 0.2) is 27.2 Å². The molecule has 0 aliphatic rings. The second-order valence-electron chi connectivity index (χ2n) is 3.69. The number of nitrogens with one attached hydrogen (secondary N) is 1. The topological polar surface area (TPSA) is 89.5 Å². The summed E-state index contributed by atoms with van der Waals surface area (Å²) in [6.07, 6.45) is 1.58. The van der Waals surface area contributed by atoms with E-state index in [4.69, 9.17) is 16.1 Å². The fraction of sp³-hybridized carbons (Fsp3) is 0.111. The van der Waals surface area contributed by atoms with Crippen LogP contribution in [0, 0.1) is 6.92 Å². The van der Waals surface area contributed by atoms with E-state index in [1.165, 1.54) is 21.8 Å². The number of nitrogens with zero attached hydrogens (tertiary/aromatic N) is 3. The van der Waals surface area contributed by atoms with Gasteiger partial charge in [-0.2, -0.15) is 8.42 Å². The first-order valence-corrected chi connectivity index (χ1v) is 7.78. The maximum absolute atomic E-state index is 12.3. The Kier molecular flexibility index (Phi) is 2.77. The molecule has 0 spiro atoms. The molecule has 0 amide bonds. The van der Waals surface area contributed by atoms with Crippen LogP contribution >= 0.6 is 22.9 Å². The minimum atomic E-state index is -3.88. The standard InChI is InChI=1S/C9H7ClN4O3S2/c1-5-4-6(12-17-5)13-19(15,16)8-7(10)11-9-14(8)2-3-18-9/h2-4H,1H3,(H,12,13). The summed E-state index contributed by atoms with van der Waals surface area (Å²) in [5.74, 6) is 0.594. The van der Waals surface area contributed by atoms with Gasteiger partial charge in [0.25, 0.3) is 10.0 Å². The van der Waals surface area contributed by atoms with Gasteiger partial charge in [-0.15, -0.1) is 11.3 Å². The van der Waals surface area contributed by atoms with Crippen molar-refractivity contribution in [1.29, 1.82) is 0 Å². The number of hydrogen-bond acceptors (Lipinski definition) is 6. The number of anilines is 1. The van der Waals surface area contributed by atoms with Crippen LogP contribution in [0.3, 0.4) is 0 Å². The zero-order valence-corrected chi connectivity index (χ0v) is 11.9. The largest absolute Gasteiger partial charge is 0.360 e. The Bertz CT molecular complexity index is 848. The molecule has 3 aromatic rings. The normalized spacial score (nSPS) is 12.1. The summed E-state index contributed by atoms with van der Waals surface area (Å²) < 4.78 is 33.0. The summed E-state index contributed by atoms with van der Waals surface area (Å²) in [5, 5.41) is 5.09. The lowest BCUT2D eigenvalue weighted by Gasteiger charge is -2.03. The van der Waals surface area contributed by atoms with Crippen molar-refractivity contribution < 1.29 is 12.9 Å². The predicted octanol–water partition coefficient (Wildman–Crippen LogP) is 2.15. The van der Waals surface area contributed by atoms with Crippen molar-refractivity contribution in [3.63, 3.8) is 0 Å². The van der Waals surface area contributed by atoms with Crippen LogP contribution in [0.5, 0.6) is 0 Å². The van der Waals surface area contributed by atoms with E-state index in [2.05, 4.69) is 14.9 Å². The number of fused-ring (bicyclic) bond motifs is 1. The van der Waals surface area contributed by atoms with Gasteiger partial charge in [-0.25, -0.2) is 4.98 Å². The van der Waals surface area contributed by atoms with Crippen LogP contribution in [-0.2, 0) is 10.0 Å². The Labute approximate surface area is 116 Å². The van der Waals surface area contributed by atoms with Gasteiger partial charge in [0.1, 0.15) is 5.76 Å². The Morgan fingerprint density at radius 3 is 3.00 bits per heavy atom. The molecular formula is C9H7ClN4O3S2. The molecule has 100 valence electrons. The van der Waals surface area contributed by atoms with Gasteiger partial charge in [-0.1, -0.05) is 16.8 Å². The van der Waals surface area contributed by atoms with Gasteiger partial charge in [0, 0.05) is 17.6 Å². The Morgan fingerprint density at radius 1 is 1.53 bits per heavy atom. The monoisotopic (exact) mass is 318 g/mol. The molecule has 0 fully saturated rings. The lowest BCUT2D eigenvalue weighted by Crippen LogP contribution is -2.15. The smallest absolute Gasteiger partial charge is 0.282 e. The van der Waals surface area contributed by atoms with E-state index in [0.717, 1.165) is 0 Å². The number of aromatic nitrogens is 3. The van der Waals surface area contributed by atoms with Crippen LogP contribution in [0.1, 0.15) is 5.76 Å². The Morgan fingerprint density at radius 2 is 2.32 bits per heavy atom. The van der Waals surface area contributed by atoms with Crippen LogP contribution in [0.4, 0.5) is 5.82 Å². The van der Waals surface area contributed by atoms with E-state index in [9.17, 15) is 8.42 Å². The van der Waals surface area contributed by atoms with E-state index in [1.54, 1.807) is 18.5 Å². The van der Waals surface area contributed by atoms with Crippen molar-refractivity contribution >= 4 is 43.7 Å². The fourth-order valence-corrected chi connectivity index (χ4v) is 4.02. The summed E-state index contributed by atoms with van der Waals surface area (Å²) in [6.45, 7) is 1.66. The highest BCUT2D eigenvalue weighted by Gasteiger charge is 2.26. The molecule has 3 rings (SSSR count). The third-order valence-corrected chi connectivity index (χ3v) is 4.81. The molecule has 0 saturated carbocycles. The van der Waals surface area contributed by atoms with Gasteiger partial charge in [0.2, 0.25) is 0 Å². The molecule has 7 nitrogen and oxygen atoms in total. The highest BCUT2D eigenvalue weighted by Crippen LogP contribution is 2.26. The molecule has 0 aromatic carbocycles. The minimum Gasteiger partial charge on any atom is -0.360 e. The molecule has 0 bridgehead atoms. The number of halogens is 1. The molecule has 0 radical (unpaired) electrons. The van der Waals surface area contributed by atoms with Crippen LogP contribution in [0.2, 0.25) is 5.15 Å². The number of aryl methyl sites for hydroxylation is 1. The molecule has 3 aromatic heterocycles. The lowest BCUT2D eigenvalue weighted by molar-refractivity contribution is 0.400. The summed E-state index contributed by atoms with van der Waals surface area (Å²) in [7, 11) is -3.88. The van der Waals surface area contributed by atoms with E-state index >= 15 is 0 Å². The van der Waals surface area contributed by atoms with Crippen LogP contribution < -0.4 is 4.72 Å². The average molecular weight is 319 g/mol. The van der Waals surface area contributed by atoms with Crippen molar-refractivity contribution in [2.45, 2.75) is 11.9 Å². The van der Waals surface area contributed by atoms with Gasteiger partial charge < -0.3 is 4.52 Å². The molecule has 0 aliphatic heterocycles. The minimum absolute atomic E-state index is 0.0837. The van der Waals surface area contributed by atoms with Crippen molar-refractivity contribution in [1.82, 2.24) is 14.5 Å². The van der Waals surface area contributed by atoms with Crippen molar-refractivity contribution in [2.24, 2.45) is 0 Å². The first-order valence-electron chi connectivity index (χ1n) is 5.04. The zero-order chi connectivity index (χ0) is 13.6. The summed E-state index contributed by atoms with van der Waals surface area (Å²) in [6, 6.07) is 1.47. The maximum Gasteiger partial charge on any atom is 0.282 e. The van der Waals surface area contributed by atoms with Crippen LogP contribution in [0.25, 0.3) is 4.96 Å². The fourth-order valence-electron chi connectivity index (χ4n) is 1.58. The summed E-state index contributed by atoms with van der Waals surface area (Å²) in [5.41, 5.74) is 0. The quantitative estimate of drug-likeness (QED) is 0.799. The molecule has 0 saturated heterocycles. The lowest BCUT2D eigenvalue weighted by atomic mass is 10.5. The number of thiazole rings is 1. The molecule has 10 heteroatoms. The SMILES string of the molecule is Cc1cc(NS(=O)(=O)c2c(Cl)nc3sccn23)no1. The molecular weight excluding hydrogens is 312 g/mol. The Balaban J connectivity index is 2.09. The average Bonchev–Trinajstić information content (AvgIpc) is 2.93. The third kappa shape index (κ3) is 2.09. The van der Waals surface area contributed by atoms with E-state index in [0.29, 0.717) is 10.7 Å². The second kappa shape index (κ2) is 4.22. The van der Waals surface area contributed by atoms with Gasteiger partial charge >= 0.3 is 0 Å². The van der Waals surface area contributed by atoms with Crippen molar-refractivity contribution in [2.75, 3.05) is 4.72 Å². The van der Waals surface area contributed by atoms with Gasteiger partial charge in [-0.3, -0.25) is 9.12 Å². The second-order valence-corrected chi connectivity index (χ2v) is 6.52. The number of hydrogen-bond donors (Lipinski definition) is 1. The van der Waals surface area contributed by atoms with E-state index in [-0.39, 0.29) is 16.0 Å². The molecule has 19 heavy (non-hydrogen) atoms. The van der Waals surface area contributed by atoms with E-state index in [1.807, 2.05) is 0 Å².